The predicted molar refractivity (Wildman–Crippen MR) is 72.1 cm³/mol. The minimum Gasteiger partial charge on any atom is -0.312 e. The summed E-state index contributed by atoms with van der Waals surface area (Å²) in [6.07, 6.45) is 11.5. The number of nitrogens with one attached hydrogen (secondary N) is 2. The molecule has 2 aliphatic carbocycles. The van der Waals surface area contributed by atoms with Crippen molar-refractivity contribution >= 4 is 0 Å². The van der Waals surface area contributed by atoms with Crippen LogP contribution < -0.4 is 10.6 Å². The molecule has 0 aromatic carbocycles. The van der Waals surface area contributed by atoms with E-state index in [4.69, 9.17) is 0 Å². The smallest absolute Gasteiger partial charge is 0.0198 e. The lowest BCUT2D eigenvalue weighted by Gasteiger charge is -2.24. The normalized spacial score (nSPS) is 46.1. The van der Waals surface area contributed by atoms with Gasteiger partial charge in [0.2, 0.25) is 0 Å². The maximum Gasteiger partial charge on any atom is 0.0198 e. The Bertz CT molecular complexity index is 239. The lowest BCUT2D eigenvalue weighted by atomic mass is 9.85. The van der Waals surface area contributed by atoms with Crippen molar-refractivity contribution in [1.82, 2.24) is 10.6 Å². The molecule has 0 radical (unpaired) electrons. The fraction of sp³-hybridized carbons (Fsp3) is 1.00. The molecule has 0 amide bonds. The Kier molecular flexibility index (Phi) is 3.72. The second kappa shape index (κ2) is 5.27. The summed E-state index contributed by atoms with van der Waals surface area (Å²) < 4.78 is 0. The minimum atomic E-state index is 0.763. The summed E-state index contributed by atoms with van der Waals surface area (Å²) in [4.78, 5) is 0. The molecule has 0 aromatic rings. The molecule has 1 aliphatic heterocycles. The van der Waals surface area contributed by atoms with E-state index in [0.29, 0.717) is 0 Å². The fourth-order valence-electron chi connectivity index (χ4n) is 4.29. The highest BCUT2D eigenvalue weighted by molar-refractivity contribution is 4.94. The lowest BCUT2D eigenvalue weighted by molar-refractivity contribution is 0.325. The van der Waals surface area contributed by atoms with Crippen LogP contribution in [0.1, 0.15) is 58.3 Å². The molecule has 98 valence electrons. The van der Waals surface area contributed by atoms with Crippen molar-refractivity contribution in [1.29, 1.82) is 0 Å². The maximum absolute atomic E-state index is 3.87. The molecule has 2 nitrogen and oxygen atoms in total. The molecule has 2 N–H and O–H groups in total. The van der Waals surface area contributed by atoms with Gasteiger partial charge in [-0.1, -0.05) is 19.8 Å². The molecule has 3 rings (SSSR count). The van der Waals surface area contributed by atoms with E-state index in [1.165, 1.54) is 57.9 Å². The summed E-state index contributed by atoms with van der Waals surface area (Å²) in [6, 6.07) is 2.44. The Labute approximate surface area is 106 Å². The highest BCUT2D eigenvalue weighted by Crippen LogP contribution is 2.33. The largest absolute Gasteiger partial charge is 0.312 e. The highest BCUT2D eigenvalue weighted by Gasteiger charge is 2.35. The van der Waals surface area contributed by atoms with Crippen molar-refractivity contribution in [2.24, 2.45) is 11.8 Å². The van der Waals surface area contributed by atoms with Gasteiger partial charge in [0.1, 0.15) is 0 Å². The zero-order chi connectivity index (χ0) is 11.7. The van der Waals surface area contributed by atoms with Crippen molar-refractivity contribution in [3.05, 3.63) is 0 Å². The van der Waals surface area contributed by atoms with E-state index in [9.17, 15) is 0 Å². The molecule has 3 fully saturated rings. The monoisotopic (exact) mass is 236 g/mol. The highest BCUT2D eigenvalue weighted by atomic mass is 15.1. The second-order valence-electron chi connectivity index (χ2n) is 6.77. The molecule has 1 saturated heterocycles. The molecule has 3 aliphatic rings. The number of rotatable bonds is 3. The molecule has 2 saturated carbocycles. The first-order valence-electron chi connectivity index (χ1n) is 7.80. The van der Waals surface area contributed by atoms with Crippen molar-refractivity contribution in [3.63, 3.8) is 0 Å². The summed E-state index contributed by atoms with van der Waals surface area (Å²) in [5.74, 6) is 1.95. The van der Waals surface area contributed by atoms with Gasteiger partial charge in [-0.05, 0) is 50.4 Å². The number of hydrogen-bond acceptors (Lipinski definition) is 2. The van der Waals surface area contributed by atoms with E-state index in [-0.39, 0.29) is 0 Å². The molecule has 2 heteroatoms. The van der Waals surface area contributed by atoms with E-state index < -0.39 is 0 Å². The third kappa shape index (κ3) is 2.85. The molecule has 0 aromatic heterocycles. The van der Waals surface area contributed by atoms with Gasteiger partial charge in [-0.2, -0.15) is 0 Å². The second-order valence-corrected chi connectivity index (χ2v) is 6.77. The first kappa shape index (κ1) is 12.0. The molecule has 17 heavy (non-hydrogen) atoms. The number of hydrogen-bond donors (Lipinski definition) is 2. The third-order valence-corrected chi connectivity index (χ3v) is 5.29. The van der Waals surface area contributed by atoms with Crippen LogP contribution in [0.25, 0.3) is 0 Å². The van der Waals surface area contributed by atoms with Crippen molar-refractivity contribution < 1.29 is 0 Å². The zero-order valence-corrected chi connectivity index (χ0v) is 11.3. The van der Waals surface area contributed by atoms with Crippen LogP contribution in [0.5, 0.6) is 0 Å². The van der Waals surface area contributed by atoms with E-state index in [1.54, 1.807) is 0 Å². The molecule has 0 spiro atoms. The van der Waals surface area contributed by atoms with Crippen molar-refractivity contribution in [3.8, 4) is 0 Å². The molecule has 5 atom stereocenters. The van der Waals surface area contributed by atoms with E-state index in [2.05, 4.69) is 17.6 Å². The third-order valence-electron chi connectivity index (χ3n) is 5.29. The predicted octanol–water partition coefficient (Wildman–Crippen LogP) is 2.69. The van der Waals surface area contributed by atoms with Gasteiger partial charge in [0.25, 0.3) is 0 Å². The SMILES string of the molecule is CC1CCC(NCC2CC3CCCCC3N2)C1. The Morgan fingerprint density at radius 3 is 2.71 bits per heavy atom. The van der Waals surface area contributed by atoms with E-state index >= 15 is 0 Å². The average Bonchev–Trinajstić information content (AvgIpc) is 2.91. The van der Waals surface area contributed by atoms with Gasteiger partial charge < -0.3 is 10.6 Å². The first-order chi connectivity index (χ1) is 8.31. The zero-order valence-electron chi connectivity index (χ0n) is 11.3. The summed E-state index contributed by atoms with van der Waals surface area (Å²) >= 11 is 0. The van der Waals surface area contributed by atoms with Crippen LogP contribution in [-0.2, 0) is 0 Å². The Hall–Kier alpha value is -0.0800. The maximum atomic E-state index is 3.87. The van der Waals surface area contributed by atoms with Gasteiger partial charge >= 0.3 is 0 Å². The van der Waals surface area contributed by atoms with E-state index in [1.807, 2.05) is 0 Å². The fourth-order valence-corrected chi connectivity index (χ4v) is 4.29. The van der Waals surface area contributed by atoms with Gasteiger partial charge in [0, 0.05) is 24.7 Å². The molecule has 0 bridgehead atoms. The quantitative estimate of drug-likeness (QED) is 0.787. The molecular weight excluding hydrogens is 208 g/mol. The molecule has 1 heterocycles. The van der Waals surface area contributed by atoms with Crippen LogP contribution in [0.3, 0.4) is 0 Å². The van der Waals surface area contributed by atoms with Gasteiger partial charge in [-0.15, -0.1) is 0 Å². The Balaban J connectivity index is 1.41. The first-order valence-corrected chi connectivity index (χ1v) is 7.80. The summed E-state index contributed by atoms with van der Waals surface area (Å²) in [5.41, 5.74) is 0. The molecule has 5 unspecified atom stereocenters. The summed E-state index contributed by atoms with van der Waals surface area (Å²) in [6.45, 7) is 3.61. The van der Waals surface area contributed by atoms with Crippen molar-refractivity contribution in [2.75, 3.05) is 6.54 Å². The van der Waals surface area contributed by atoms with Crippen LogP contribution in [0.4, 0.5) is 0 Å². The van der Waals surface area contributed by atoms with Crippen LogP contribution in [0.15, 0.2) is 0 Å². The lowest BCUT2D eigenvalue weighted by Crippen LogP contribution is -2.41. The Morgan fingerprint density at radius 1 is 1.06 bits per heavy atom. The van der Waals surface area contributed by atoms with Crippen LogP contribution in [0.2, 0.25) is 0 Å². The van der Waals surface area contributed by atoms with Gasteiger partial charge in [0.05, 0.1) is 0 Å². The van der Waals surface area contributed by atoms with Crippen molar-refractivity contribution in [2.45, 2.75) is 76.4 Å². The summed E-state index contributed by atoms with van der Waals surface area (Å²) in [5, 5.41) is 7.67. The van der Waals surface area contributed by atoms with Crippen LogP contribution in [0, 0.1) is 11.8 Å². The van der Waals surface area contributed by atoms with Gasteiger partial charge in [0.15, 0.2) is 0 Å². The van der Waals surface area contributed by atoms with E-state index in [0.717, 1.165) is 30.0 Å². The van der Waals surface area contributed by atoms with Crippen LogP contribution in [-0.4, -0.2) is 24.7 Å². The average molecular weight is 236 g/mol. The summed E-state index contributed by atoms with van der Waals surface area (Å²) in [7, 11) is 0. The number of fused-ring (bicyclic) bond motifs is 1. The minimum absolute atomic E-state index is 0.763. The van der Waals surface area contributed by atoms with Gasteiger partial charge in [-0.3, -0.25) is 0 Å². The van der Waals surface area contributed by atoms with Crippen LogP contribution >= 0.6 is 0 Å². The standard InChI is InChI=1S/C15H28N2/c1-11-6-7-13(8-11)16-10-14-9-12-4-2-3-5-15(12)17-14/h11-17H,2-10H2,1H3. The van der Waals surface area contributed by atoms with Gasteiger partial charge in [-0.25, -0.2) is 0 Å². The Morgan fingerprint density at radius 2 is 1.94 bits per heavy atom. The molecular formula is C15H28N2. The topological polar surface area (TPSA) is 24.1 Å².